The van der Waals surface area contributed by atoms with Crippen LogP contribution in [-0.2, 0) is 9.59 Å². The van der Waals surface area contributed by atoms with Crippen molar-refractivity contribution in [1.29, 1.82) is 0 Å². The molecule has 0 radical (unpaired) electrons. The lowest BCUT2D eigenvalue weighted by Gasteiger charge is -2.34. The van der Waals surface area contributed by atoms with Gasteiger partial charge in [-0.2, -0.15) is 11.8 Å². The molecule has 2 N–H and O–H groups in total. The van der Waals surface area contributed by atoms with Crippen molar-refractivity contribution in [2.24, 2.45) is 5.92 Å². The van der Waals surface area contributed by atoms with Gasteiger partial charge in [-0.25, -0.2) is 0 Å². The van der Waals surface area contributed by atoms with E-state index in [0.717, 1.165) is 50.3 Å². The largest absolute Gasteiger partial charge is 0.353 e. The van der Waals surface area contributed by atoms with E-state index in [1.807, 2.05) is 23.7 Å². The molecule has 2 amide bonds. The summed E-state index contributed by atoms with van der Waals surface area (Å²) in [4.78, 5) is 26.2. The first-order valence-electron chi connectivity index (χ1n) is 8.01. The molecule has 5 nitrogen and oxygen atoms in total. The number of thioether (sulfide) groups is 1. The monoisotopic (exact) mass is 313 g/mol. The van der Waals surface area contributed by atoms with Crippen LogP contribution in [0.25, 0.3) is 0 Å². The summed E-state index contributed by atoms with van der Waals surface area (Å²) in [7, 11) is 1.85. The molecule has 0 aromatic carbocycles. The SMILES string of the molecule is CNCCC(=O)NC1CCC(C(=O)N2CCSCC2)CC1. The molecule has 2 fully saturated rings. The number of hydrogen-bond acceptors (Lipinski definition) is 4. The second-order valence-electron chi connectivity index (χ2n) is 5.91. The molecule has 6 heteroatoms. The summed E-state index contributed by atoms with van der Waals surface area (Å²) in [6.45, 7) is 2.53. The minimum atomic E-state index is 0.118. The van der Waals surface area contributed by atoms with E-state index in [4.69, 9.17) is 0 Å². The van der Waals surface area contributed by atoms with Crippen LogP contribution in [0.2, 0.25) is 0 Å². The summed E-state index contributed by atoms with van der Waals surface area (Å²) in [6, 6.07) is 0.260. The summed E-state index contributed by atoms with van der Waals surface area (Å²) >= 11 is 1.93. The maximum Gasteiger partial charge on any atom is 0.225 e. The molecule has 0 atom stereocenters. The van der Waals surface area contributed by atoms with E-state index >= 15 is 0 Å². The molecule has 21 heavy (non-hydrogen) atoms. The fourth-order valence-electron chi connectivity index (χ4n) is 3.07. The van der Waals surface area contributed by atoms with Gasteiger partial charge in [-0.15, -0.1) is 0 Å². The Kier molecular flexibility index (Phi) is 6.83. The molecule has 120 valence electrons. The molecule has 2 rings (SSSR count). The second-order valence-corrected chi connectivity index (χ2v) is 7.13. The van der Waals surface area contributed by atoms with Crippen molar-refractivity contribution in [3.8, 4) is 0 Å². The topological polar surface area (TPSA) is 61.4 Å². The van der Waals surface area contributed by atoms with Gasteiger partial charge >= 0.3 is 0 Å². The van der Waals surface area contributed by atoms with Crippen molar-refractivity contribution >= 4 is 23.6 Å². The normalized spacial score (nSPS) is 26.4. The van der Waals surface area contributed by atoms with Crippen LogP contribution >= 0.6 is 11.8 Å². The summed E-state index contributed by atoms with van der Waals surface area (Å²) in [6.07, 6.45) is 4.23. The van der Waals surface area contributed by atoms with Crippen molar-refractivity contribution in [2.45, 2.75) is 38.1 Å². The van der Waals surface area contributed by atoms with E-state index in [-0.39, 0.29) is 17.9 Å². The second kappa shape index (κ2) is 8.63. The average molecular weight is 313 g/mol. The van der Waals surface area contributed by atoms with Crippen LogP contribution in [0.4, 0.5) is 0 Å². The summed E-state index contributed by atoms with van der Waals surface area (Å²) in [5.41, 5.74) is 0. The van der Waals surface area contributed by atoms with Crippen molar-refractivity contribution in [3.05, 3.63) is 0 Å². The number of carbonyl (C=O) groups excluding carboxylic acids is 2. The summed E-state index contributed by atoms with van der Waals surface area (Å²) in [5, 5.41) is 6.07. The van der Waals surface area contributed by atoms with Crippen molar-refractivity contribution in [3.63, 3.8) is 0 Å². The minimum Gasteiger partial charge on any atom is -0.353 e. The van der Waals surface area contributed by atoms with Crippen LogP contribution in [0.3, 0.4) is 0 Å². The van der Waals surface area contributed by atoms with E-state index in [1.54, 1.807) is 0 Å². The first kappa shape index (κ1) is 16.6. The average Bonchev–Trinajstić information content (AvgIpc) is 2.54. The van der Waals surface area contributed by atoms with E-state index in [0.29, 0.717) is 18.9 Å². The van der Waals surface area contributed by atoms with Gasteiger partial charge < -0.3 is 15.5 Å². The zero-order valence-corrected chi connectivity index (χ0v) is 13.7. The van der Waals surface area contributed by atoms with Gasteiger partial charge in [-0.05, 0) is 32.7 Å². The lowest BCUT2D eigenvalue weighted by atomic mass is 9.85. The van der Waals surface area contributed by atoms with Gasteiger partial charge in [-0.1, -0.05) is 0 Å². The van der Waals surface area contributed by atoms with Crippen LogP contribution in [0.5, 0.6) is 0 Å². The predicted molar refractivity (Wildman–Crippen MR) is 86.3 cm³/mol. The molecule has 1 heterocycles. The van der Waals surface area contributed by atoms with Crippen LogP contribution in [0.1, 0.15) is 32.1 Å². The molecule has 1 saturated heterocycles. The van der Waals surface area contributed by atoms with Gasteiger partial charge in [-0.3, -0.25) is 9.59 Å². The molecule has 2 aliphatic rings. The molecule has 0 spiro atoms. The molecule has 0 aromatic rings. The summed E-state index contributed by atoms with van der Waals surface area (Å²) in [5.74, 6) is 2.78. The van der Waals surface area contributed by atoms with Crippen molar-refractivity contribution < 1.29 is 9.59 Å². The zero-order valence-electron chi connectivity index (χ0n) is 12.9. The Morgan fingerprint density at radius 2 is 1.81 bits per heavy atom. The third-order valence-electron chi connectivity index (χ3n) is 4.37. The summed E-state index contributed by atoms with van der Waals surface area (Å²) < 4.78 is 0. The highest BCUT2D eigenvalue weighted by Crippen LogP contribution is 2.27. The quantitative estimate of drug-likeness (QED) is 0.790. The highest BCUT2D eigenvalue weighted by Gasteiger charge is 2.30. The van der Waals surface area contributed by atoms with Crippen LogP contribution < -0.4 is 10.6 Å². The lowest BCUT2D eigenvalue weighted by molar-refractivity contribution is -0.136. The van der Waals surface area contributed by atoms with E-state index < -0.39 is 0 Å². The molecular formula is C15H27N3O2S. The van der Waals surface area contributed by atoms with Crippen molar-refractivity contribution in [2.75, 3.05) is 38.2 Å². The number of nitrogens with zero attached hydrogens (tertiary/aromatic N) is 1. The van der Waals surface area contributed by atoms with Crippen LogP contribution in [-0.4, -0.2) is 60.9 Å². The maximum absolute atomic E-state index is 12.4. The van der Waals surface area contributed by atoms with Gasteiger partial charge in [0.1, 0.15) is 0 Å². The Bertz CT molecular complexity index is 351. The van der Waals surface area contributed by atoms with E-state index in [9.17, 15) is 9.59 Å². The fraction of sp³-hybridized carbons (Fsp3) is 0.867. The molecule has 1 aliphatic heterocycles. The van der Waals surface area contributed by atoms with Crippen LogP contribution in [0, 0.1) is 5.92 Å². The van der Waals surface area contributed by atoms with E-state index in [1.165, 1.54) is 0 Å². The molecule has 1 saturated carbocycles. The Morgan fingerprint density at radius 3 is 2.43 bits per heavy atom. The number of carbonyl (C=O) groups is 2. The number of rotatable bonds is 5. The molecule has 1 aliphatic carbocycles. The number of amides is 2. The molecule has 0 aromatic heterocycles. The molecule has 0 unspecified atom stereocenters. The Hall–Kier alpha value is -0.750. The van der Waals surface area contributed by atoms with Gasteiger partial charge in [0.15, 0.2) is 0 Å². The first-order valence-corrected chi connectivity index (χ1v) is 9.16. The van der Waals surface area contributed by atoms with Gasteiger partial charge in [0, 0.05) is 49.5 Å². The minimum absolute atomic E-state index is 0.118. The van der Waals surface area contributed by atoms with Gasteiger partial charge in [0.25, 0.3) is 0 Å². The Morgan fingerprint density at radius 1 is 1.14 bits per heavy atom. The zero-order chi connectivity index (χ0) is 15.1. The highest BCUT2D eigenvalue weighted by molar-refractivity contribution is 7.99. The standard InChI is InChI=1S/C15H27N3O2S/c1-16-7-6-14(19)17-13-4-2-12(3-5-13)15(20)18-8-10-21-11-9-18/h12-13,16H,2-11H2,1H3,(H,17,19). The first-order chi connectivity index (χ1) is 10.2. The molecule has 0 bridgehead atoms. The lowest BCUT2D eigenvalue weighted by Crippen LogP contribution is -2.45. The van der Waals surface area contributed by atoms with Gasteiger partial charge in [0.2, 0.25) is 11.8 Å². The molecular weight excluding hydrogens is 286 g/mol. The maximum atomic E-state index is 12.4. The van der Waals surface area contributed by atoms with Gasteiger partial charge in [0.05, 0.1) is 0 Å². The Labute approximate surface area is 131 Å². The third kappa shape index (κ3) is 5.18. The highest BCUT2D eigenvalue weighted by atomic mass is 32.2. The smallest absolute Gasteiger partial charge is 0.225 e. The number of hydrogen-bond donors (Lipinski definition) is 2. The predicted octanol–water partition coefficient (Wildman–Crippen LogP) is 0.846. The Balaban J connectivity index is 1.70. The third-order valence-corrected chi connectivity index (χ3v) is 5.31. The fourth-order valence-corrected chi connectivity index (χ4v) is 3.97. The van der Waals surface area contributed by atoms with E-state index in [2.05, 4.69) is 10.6 Å². The van der Waals surface area contributed by atoms with Crippen LogP contribution in [0.15, 0.2) is 0 Å². The number of nitrogens with one attached hydrogen (secondary N) is 2. The van der Waals surface area contributed by atoms with Crippen molar-refractivity contribution in [1.82, 2.24) is 15.5 Å².